The van der Waals surface area contributed by atoms with Gasteiger partial charge in [0, 0.05) is 6.04 Å². The molecular formula is C11H16BrNO2. The summed E-state index contributed by atoms with van der Waals surface area (Å²) in [6.45, 7) is 2.73. The first-order chi connectivity index (χ1) is 7.26. The summed E-state index contributed by atoms with van der Waals surface area (Å²) in [4.78, 5) is 0. The highest BCUT2D eigenvalue weighted by Crippen LogP contribution is 2.13. The Labute approximate surface area is 98.3 Å². The molecule has 0 aliphatic heterocycles. The van der Waals surface area contributed by atoms with Crippen molar-refractivity contribution in [3.05, 3.63) is 34.7 Å². The number of nitrogens with one attached hydrogen (secondary N) is 1. The Kier molecular flexibility index (Phi) is 5.68. The molecule has 15 heavy (non-hydrogen) atoms. The summed E-state index contributed by atoms with van der Waals surface area (Å²) >= 11 is 3.24. The van der Waals surface area contributed by atoms with E-state index in [0.29, 0.717) is 6.54 Å². The second-order valence-electron chi connectivity index (χ2n) is 3.27. The summed E-state index contributed by atoms with van der Waals surface area (Å²) in [6.07, 6.45) is 4.84. The van der Waals surface area contributed by atoms with Gasteiger partial charge in [0.2, 0.25) is 0 Å². The molecule has 1 atom stereocenters. The van der Waals surface area contributed by atoms with Crippen LogP contribution in [-0.2, 0) is 6.54 Å². The maximum absolute atomic E-state index is 9.10. The predicted molar refractivity (Wildman–Crippen MR) is 63.6 cm³/mol. The Morgan fingerprint density at radius 1 is 1.60 bits per heavy atom. The smallest absolute Gasteiger partial charge is 0.169 e. The minimum Gasteiger partial charge on any atom is -0.453 e. The van der Waals surface area contributed by atoms with Gasteiger partial charge in [0.15, 0.2) is 4.67 Å². The van der Waals surface area contributed by atoms with Crippen LogP contribution in [0.4, 0.5) is 0 Å². The largest absolute Gasteiger partial charge is 0.453 e. The second kappa shape index (κ2) is 6.82. The highest BCUT2D eigenvalue weighted by Gasteiger charge is 2.06. The minimum absolute atomic E-state index is 0.0880. The highest BCUT2D eigenvalue weighted by molar-refractivity contribution is 9.10. The van der Waals surface area contributed by atoms with Crippen molar-refractivity contribution in [2.45, 2.75) is 25.9 Å². The van der Waals surface area contributed by atoms with E-state index in [0.717, 1.165) is 16.9 Å². The van der Waals surface area contributed by atoms with Gasteiger partial charge in [-0.2, -0.15) is 0 Å². The number of aliphatic hydroxyl groups excluding tert-OH is 1. The van der Waals surface area contributed by atoms with Crippen LogP contribution in [0.1, 0.15) is 19.1 Å². The van der Waals surface area contributed by atoms with Crippen molar-refractivity contribution in [1.82, 2.24) is 5.32 Å². The van der Waals surface area contributed by atoms with Gasteiger partial charge in [-0.05, 0) is 41.4 Å². The molecule has 0 spiro atoms. The van der Waals surface area contributed by atoms with Gasteiger partial charge < -0.3 is 14.8 Å². The van der Waals surface area contributed by atoms with Crippen LogP contribution in [0.5, 0.6) is 0 Å². The number of hydrogen-bond donors (Lipinski definition) is 2. The molecular weight excluding hydrogens is 258 g/mol. The lowest BCUT2D eigenvalue weighted by Gasteiger charge is -2.12. The Bertz CT molecular complexity index is 309. The molecule has 0 saturated carbocycles. The van der Waals surface area contributed by atoms with E-state index in [1.165, 1.54) is 0 Å². The van der Waals surface area contributed by atoms with E-state index in [9.17, 15) is 0 Å². The first-order valence-electron chi connectivity index (χ1n) is 4.96. The standard InChI is InChI=1S/C11H16BrNO2/c1-2-3-4-9(8-14)13-7-10-5-6-11(12)15-10/h2-3,5-6,9,13-14H,4,7-8H2,1H3/b3-2+/t9-/m1/s1. The van der Waals surface area contributed by atoms with Crippen LogP contribution in [0.15, 0.2) is 33.4 Å². The molecule has 1 heterocycles. The first kappa shape index (κ1) is 12.5. The van der Waals surface area contributed by atoms with E-state index >= 15 is 0 Å². The van der Waals surface area contributed by atoms with Crippen molar-refractivity contribution in [1.29, 1.82) is 0 Å². The third-order valence-corrected chi connectivity index (χ3v) is 2.50. The molecule has 0 aliphatic rings. The maximum Gasteiger partial charge on any atom is 0.169 e. The summed E-state index contributed by atoms with van der Waals surface area (Å²) in [5, 5.41) is 12.3. The first-order valence-corrected chi connectivity index (χ1v) is 5.75. The van der Waals surface area contributed by atoms with Gasteiger partial charge in [-0.15, -0.1) is 0 Å². The van der Waals surface area contributed by atoms with Crippen molar-refractivity contribution >= 4 is 15.9 Å². The van der Waals surface area contributed by atoms with Crippen molar-refractivity contribution in [3.63, 3.8) is 0 Å². The zero-order valence-electron chi connectivity index (χ0n) is 8.74. The van der Waals surface area contributed by atoms with Crippen LogP contribution < -0.4 is 5.32 Å². The van der Waals surface area contributed by atoms with Crippen LogP contribution in [0.25, 0.3) is 0 Å². The van der Waals surface area contributed by atoms with E-state index < -0.39 is 0 Å². The number of aliphatic hydroxyl groups is 1. The fourth-order valence-electron chi connectivity index (χ4n) is 1.21. The van der Waals surface area contributed by atoms with Gasteiger partial charge >= 0.3 is 0 Å². The lowest BCUT2D eigenvalue weighted by atomic mass is 10.2. The summed E-state index contributed by atoms with van der Waals surface area (Å²) in [5.41, 5.74) is 0. The molecule has 0 aliphatic carbocycles. The van der Waals surface area contributed by atoms with E-state index in [2.05, 4.69) is 21.2 Å². The Hall–Kier alpha value is -0.580. The molecule has 0 aromatic carbocycles. The summed E-state index contributed by atoms with van der Waals surface area (Å²) in [7, 11) is 0. The molecule has 3 nitrogen and oxygen atoms in total. The third-order valence-electron chi connectivity index (χ3n) is 2.07. The summed E-state index contributed by atoms with van der Waals surface area (Å²) in [6, 6.07) is 3.85. The topological polar surface area (TPSA) is 45.4 Å². The maximum atomic E-state index is 9.10. The van der Waals surface area contributed by atoms with Crippen LogP contribution >= 0.6 is 15.9 Å². The van der Waals surface area contributed by atoms with Crippen LogP contribution in [0.2, 0.25) is 0 Å². The second-order valence-corrected chi connectivity index (χ2v) is 4.05. The number of furan rings is 1. The summed E-state index contributed by atoms with van der Waals surface area (Å²) in [5.74, 6) is 0.862. The van der Waals surface area contributed by atoms with Crippen molar-refractivity contribution in [2.75, 3.05) is 6.61 Å². The molecule has 1 rings (SSSR count). The average molecular weight is 274 g/mol. The SMILES string of the molecule is C/C=C/C[C@H](CO)NCc1ccc(Br)o1. The molecule has 0 unspecified atom stereocenters. The molecule has 0 saturated heterocycles. The minimum atomic E-state index is 0.0880. The van der Waals surface area contributed by atoms with Crippen LogP contribution in [0, 0.1) is 0 Å². The molecule has 1 aromatic heterocycles. The third kappa shape index (κ3) is 4.64. The van der Waals surface area contributed by atoms with Crippen molar-refractivity contribution < 1.29 is 9.52 Å². The lowest BCUT2D eigenvalue weighted by molar-refractivity contribution is 0.239. The van der Waals surface area contributed by atoms with Gasteiger partial charge in [0.05, 0.1) is 13.2 Å². The molecule has 0 bridgehead atoms. The van der Waals surface area contributed by atoms with E-state index in [4.69, 9.17) is 9.52 Å². The van der Waals surface area contributed by atoms with Gasteiger partial charge in [-0.1, -0.05) is 12.2 Å². The van der Waals surface area contributed by atoms with Crippen molar-refractivity contribution in [2.24, 2.45) is 0 Å². The predicted octanol–water partition coefficient (Wildman–Crippen LogP) is 2.46. The Balaban J connectivity index is 2.33. The van der Waals surface area contributed by atoms with Gasteiger partial charge in [-0.3, -0.25) is 0 Å². The van der Waals surface area contributed by atoms with E-state index in [-0.39, 0.29) is 12.6 Å². The van der Waals surface area contributed by atoms with E-state index in [1.807, 2.05) is 31.2 Å². The molecule has 1 aromatic rings. The fourth-order valence-corrected chi connectivity index (χ4v) is 1.55. The highest BCUT2D eigenvalue weighted by atomic mass is 79.9. The van der Waals surface area contributed by atoms with Gasteiger partial charge in [-0.25, -0.2) is 0 Å². The number of allylic oxidation sites excluding steroid dienone is 1. The Morgan fingerprint density at radius 2 is 2.40 bits per heavy atom. The van der Waals surface area contributed by atoms with Crippen LogP contribution in [-0.4, -0.2) is 17.8 Å². The Morgan fingerprint density at radius 3 is 2.93 bits per heavy atom. The number of hydrogen-bond acceptors (Lipinski definition) is 3. The number of halogens is 1. The fraction of sp³-hybridized carbons (Fsp3) is 0.455. The van der Waals surface area contributed by atoms with Crippen molar-refractivity contribution in [3.8, 4) is 0 Å². The van der Waals surface area contributed by atoms with Gasteiger partial charge in [0.1, 0.15) is 5.76 Å². The van der Waals surface area contributed by atoms with Gasteiger partial charge in [0.25, 0.3) is 0 Å². The quantitative estimate of drug-likeness (QED) is 0.783. The lowest BCUT2D eigenvalue weighted by Crippen LogP contribution is -2.31. The number of rotatable bonds is 6. The summed E-state index contributed by atoms with van der Waals surface area (Å²) < 4.78 is 6.07. The molecule has 2 N–H and O–H groups in total. The monoisotopic (exact) mass is 273 g/mol. The molecule has 0 radical (unpaired) electrons. The normalized spacial score (nSPS) is 13.5. The molecule has 0 fully saturated rings. The molecule has 84 valence electrons. The average Bonchev–Trinajstić information content (AvgIpc) is 2.65. The molecule has 0 amide bonds. The molecule has 4 heteroatoms. The van der Waals surface area contributed by atoms with Crippen LogP contribution in [0.3, 0.4) is 0 Å². The zero-order chi connectivity index (χ0) is 11.1. The van der Waals surface area contributed by atoms with E-state index in [1.54, 1.807) is 0 Å². The zero-order valence-corrected chi connectivity index (χ0v) is 10.3.